The van der Waals surface area contributed by atoms with E-state index in [1.807, 2.05) is 25.3 Å². The maximum absolute atomic E-state index is 4.45. The topological polar surface area (TPSA) is 63.6 Å². The van der Waals surface area contributed by atoms with Crippen LogP contribution in [0.25, 0.3) is 10.2 Å². The third kappa shape index (κ3) is 2.53. The summed E-state index contributed by atoms with van der Waals surface area (Å²) in [5.74, 6) is 1.63. The maximum Gasteiger partial charge on any atom is 0.148 e. The highest BCUT2D eigenvalue weighted by atomic mass is 32.1. The Hall–Kier alpha value is -2.08. The fraction of sp³-hybridized carbons (Fsp3) is 0.231. The van der Waals surface area contributed by atoms with E-state index in [0.29, 0.717) is 6.54 Å². The quantitative estimate of drug-likeness (QED) is 0.793. The lowest BCUT2D eigenvalue weighted by molar-refractivity contribution is 0.971. The minimum atomic E-state index is 0.608. The minimum Gasteiger partial charge on any atom is -0.363 e. The van der Waals surface area contributed by atoms with Gasteiger partial charge in [-0.2, -0.15) is 0 Å². The molecule has 0 aliphatic rings. The van der Waals surface area contributed by atoms with Crippen LogP contribution in [-0.4, -0.2) is 19.9 Å². The molecule has 6 heteroatoms. The number of aryl methyl sites for hydroxylation is 2. The van der Waals surface area contributed by atoms with E-state index in [9.17, 15) is 0 Å². The molecule has 0 aliphatic carbocycles. The molecule has 3 heterocycles. The first-order chi connectivity index (χ1) is 9.22. The molecule has 0 amide bonds. The van der Waals surface area contributed by atoms with E-state index >= 15 is 0 Å². The van der Waals surface area contributed by atoms with E-state index < -0.39 is 0 Å². The standard InChI is InChI=1S/C13H13N5S/c1-8-5-15-10(6-14-8)7-16-13-12-11(3-4-19-12)17-9(2)18-13/h3-6H,7H2,1-2H3,(H,16,17,18). The maximum atomic E-state index is 4.45. The highest BCUT2D eigenvalue weighted by Gasteiger charge is 2.07. The van der Waals surface area contributed by atoms with Gasteiger partial charge in [-0.15, -0.1) is 11.3 Å². The number of anilines is 1. The van der Waals surface area contributed by atoms with E-state index in [4.69, 9.17) is 0 Å². The molecular formula is C13H13N5S. The lowest BCUT2D eigenvalue weighted by Crippen LogP contribution is -2.05. The summed E-state index contributed by atoms with van der Waals surface area (Å²) in [6.07, 6.45) is 3.55. The second-order valence-corrected chi connectivity index (χ2v) is 5.17. The van der Waals surface area contributed by atoms with Gasteiger partial charge >= 0.3 is 0 Å². The van der Waals surface area contributed by atoms with Crippen LogP contribution in [-0.2, 0) is 6.54 Å². The zero-order chi connectivity index (χ0) is 13.2. The number of rotatable bonds is 3. The predicted molar refractivity (Wildman–Crippen MR) is 76.2 cm³/mol. The number of hydrogen-bond donors (Lipinski definition) is 1. The van der Waals surface area contributed by atoms with Gasteiger partial charge in [0.1, 0.15) is 11.6 Å². The lowest BCUT2D eigenvalue weighted by atomic mass is 10.4. The van der Waals surface area contributed by atoms with Gasteiger partial charge in [0, 0.05) is 6.20 Å². The number of fused-ring (bicyclic) bond motifs is 1. The normalized spacial score (nSPS) is 10.8. The Morgan fingerprint density at radius 1 is 1.16 bits per heavy atom. The van der Waals surface area contributed by atoms with E-state index in [1.54, 1.807) is 23.7 Å². The minimum absolute atomic E-state index is 0.608. The van der Waals surface area contributed by atoms with Gasteiger partial charge in [0.2, 0.25) is 0 Å². The molecule has 0 spiro atoms. The number of thiophene rings is 1. The van der Waals surface area contributed by atoms with Crippen molar-refractivity contribution in [1.82, 2.24) is 19.9 Å². The van der Waals surface area contributed by atoms with Crippen LogP contribution in [0.15, 0.2) is 23.8 Å². The molecule has 0 bridgehead atoms. The Kier molecular flexibility index (Phi) is 3.08. The molecular weight excluding hydrogens is 258 g/mol. The summed E-state index contributed by atoms with van der Waals surface area (Å²) in [5, 5.41) is 5.33. The number of nitrogens with zero attached hydrogens (tertiary/aromatic N) is 4. The summed E-state index contributed by atoms with van der Waals surface area (Å²) < 4.78 is 1.07. The number of hydrogen-bond acceptors (Lipinski definition) is 6. The van der Waals surface area contributed by atoms with E-state index in [-0.39, 0.29) is 0 Å². The van der Waals surface area contributed by atoms with E-state index in [2.05, 4.69) is 25.3 Å². The molecule has 0 saturated carbocycles. The molecule has 19 heavy (non-hydrogen) atoms. The molecule has 0 aromatic carbocycles. The van der Waals surface area contributed by atoms with Gasteiger partial charge in [-0.1, -0.05) is 0 Å². The smallest absolute Gasteiger partial charge is 0.148 e. The van der Waals surface area contributed by atoms with E-state index in [1.165, 1.54) is 0 Å². The molecule has 3 rings (SSSR count). The summed E-state index contributed by atoms with van der Waals surface area (Å²) in [7, 11) is 0. The molecule has 96 valence electrons. The second-order valence-electron chi connectivity index (χ2n) is 4.26. The number of aromatic nitrogens is 4. The third-order valence-electron chi connectivity index (χ3n) is 2.69. The summed E-state index contributed by atoms with van der Waals surface area (Å²) in [6.45, 7) is 4.43. The van der Waals surface area contributed by atoms with Gasteiger partial charge in [0.15, 0.2) is 0 Å². The number of nitrogens with one attached hydrogen (secondary N) is 1. The molecule has 3 aromatic rings. The largest absolute Gasteiger partial charge is 0.363 e. The molecule has 1 N–H and O–H groups in total. The van der Waals surface area contributed by atoms with Crippen molar-refractivity contribution in [3.05, 3.63) is 41.1 Å². The summed E-state index contributed by atoms with van der Waals surface area (Å²) >= 11 is 1.64. The SMILES string of the molecule is Cc1cnc(CNc2nc(C)nc3ccsc23)cn1. The van der Waals surface area contributed by atoms with Crippen LogP contribution >= 0.6 is 11.3 Å². The lowest BCUT2D eigenvalue weighted by Gasteiger charge is -2.06. The van der Waals surface area contributed by atoms with Crippen LogP contribution in [0.4, 0.5) is 5.82 Å². The van der Waals surface area contributed by atoms with Gasteiger partial charge in [0.25, 0.3) is 0 Å². The van der Waals surface area contributed by atoms with Crippen molar-refractivity contribution < 1.29 is 0 Å². The summed E-state index contributed by atoms with van der Waals surface area (Å²) in [4.78, 5) is 17.4. The second kappa shape index (κ2) is 4.89. The van der Waals surface area contributed by atoms with Gasteiger partial charge in [-0.05, 0) is 25.3 Å². The van der Waals surface area contributed by atoms with Crippen molar-refractivity contribution in [1.29, 1.82) is 0 Å². The Bertz CT molecular complexity index is 705. The van der Waals surface area contributed by atoms with Crippen molar-refractivity contribution >= 4 is 27.4 Å². The summed E-state index contributed by atoms with van der Waals surface area (Å²) in [6, 6.07) is 2.01. The Morgan fingerprint density at radius 2 is 2.05 bits per heavy atom. The van der Waals surface area contributed by atoms with Crippen molar-refractivity contribution in [3.63, 3.8) is 0 Å². The zero-order valence-corrected chi connectivity index (χ0v) is 11.5. The van der Waals surface area contributed by atoms with Gasteiger partial charge in [-0.3, -0.25) is 9.97 Å². The zero-order valence-electron chi connectivity index (χ0n) is 10.7. The first-order valence-electron chi connectivity index (χ1n) is 5.95. The highest BCUT2D eigenvalue weighted by Crippen LogP contribution is 2.26. The fourth-order valence-corrected chi connectivity index (χ4v) is 2.58. The van der Waals surface area contributed by atoms with Crippen LogP contribution in [0.2, 0.25) is 0 Å². The van der Waals surface area contributed by atoms with Gasteiger partial charge in [0.05, 0.1) is 34.3 Å². The van der Waals surface area contributed by atoms with Crippen LogP contribution in [0.5, 0.6) is 0 Å². The molecule has 0 saturated heterocycles. The predicted octanol–water partition coefficient (Wildman–Crippen LogP) is 2.71. The molecule has 0 unspecified atom stereocenters. The molecule has 0 fully saturated rings. The Labute approximate surface area is 114 Å². The van der Waals surface area contributed by atoms with Crippen molar-refractivity contribution in [2.24, 2.45) is 0 Å². The first-order valence-corrected chi connectivity index (χ1v) is 6.83. The van der Waals surface area contributed by atoms with E-state index in [0.717, 1.165) is 33.2 Å². The Balaban J connectivity index is 1.85. The van der Waals surface area contributed by atoms with Crippen LogP contribution < -0.4 is 5.32 Å². The fourth-order valence-electron chi connectivity index (χ4n) is 1.78. The van der Waals surface area contributed by atoms with Crippen molar-refractivity contribution in [3.8, 4) is 0 Å². The van der Waals surface area contributed by atoms with Gasteiger partial charge < -0.3 is 5.32 Å². The summed E-state index contributed by atoms with van der Waals surface area (Å²) in [5.41, 5.74) is 2.80. The molecule has 5 nitrogen and oxygen atoms in total. The molecule has 0 atom stereocenters. The third-order valence-corrected chi connectivity index (χ3v) is 3.60. The highest BCUT2D eigenvalue weighted by molar-refractivity contribution is 7.17. The first kappa shape index (κ1) is 12.0. The Morgan fingerprint density at radius 3 is 2.84 bits per heavy atom. The van der Waals surface area contributed by atoms with Crippen molar-refractivity contribution in [2.45, 2.75) is 20.4 Å². The van der Waals surface area contributed by atoms with Crippen LogP contribution in [0.3, 0.4) is 0 Å². The molecule has 3 aromatic heterocycles. The van der Waals surface area contributed by atoms with Gasteiger partial charge in [-0.25, -0.2) is 9.97 Å². The molecule has 0 radical (unpaired) electrons. The monoisotopic (exact) mass is 271 g/mol. The van der Waals surface area contributed by atoms with Crippen LogP contribution in [0, 0.1) is 13.8 Å². The van der Waals surface area contributed by atoms with Crippen molar-refractivity contribution in [2.75, 3.05) is 5.32 Å². The average molecular weight is 271 g/mol. The molecule has 0 aliphatic heterocycles. The van der Waals surface area contributed by atoms with Crippen LogP contribution in [0.1, 0.15) is 17.2 Å². The average Bonchev–Trinajstić information content (AvgIpc) is 2.85.